The van der Waals surface area contributed by atoms with Crippen molar-refractivity contribution in [1.29, 1.82) is 0 Å². The van der Waals surface area contributed by atoms with Crippen LogP contribution in [0.15, 0.2) is 22.7 Å². The number of rotatable bonds is 5. The number of methoxy groups -OCH3 is 1. The Balaban J connectivity index is 2.84. The van der Waals surface area contributed by atoms with E-state index in [2.05, 4.69) is 15.9 Å². The highest BCUT2D eigenvalue weighted by molar-refractivity contribution is 9.10. The largest absolute Gasteiger partial charge is 0.390 e. The summed E-state index contributed by atoms with van der Waals surface area (Å²) in [5, 5.41) is 10.2. The molecule has 4 heteroatoms. The molecule has 0 saturated heterocycles. The predicted octanol–water partition coefficient (Wildman–Crippen LogP) is 3.31. The molecule has 17 heavy (non-hydrogen) atoms. The van der Waals surface area contributed by atoms with Crippen molar-refractivity contribution >= 4 is 15.9 Å². The summed E-state index contributed by atoms with van der Waals surface area (Å²) >= 11 is 3.29. The second-order valence-electron chi connectivity index (χ2n) is 4.33. The van der Waals surface area contributed by atoms with Gasteiger partial charge in [-0.1, -0.05) is 28.9 Å². The molecule has 0 bridgehead atoms. The Kier molecular flexibility index (Phi) is 5.10. The minimum absolute atomic E-state index is 0.292. The first-order valence-corrected chi connectivity index (χ1v) is 6.39. The molecule has 0 fully saturated rings. The molecule has 0 heterocycles. The Labute approximate surface area is 110 Å². The standard InChI is InChI=1S/C13H18BrFO2/c1-4-13(2,17-3)12(16)7-9-5-6-10(15)8-11(9)14/h5-6,8,12,16H,4,7H2,1-3H3. The lowest BCUT2D eigenvalue weighted by Crippen LogP contribution is -2.42. The van der Waals surface area contributed by atoms with Crippen molar-refractivity contribution < 1.29 is 14.2 Å². The summed E-state index contributed by atoms with van der Waals surface area (Å²) in [5.41, 5.74) is 0.295. The van der Waals surface area contributed by atoms with E-state index in [1.807, 2.05) is 13.8 Å². The van der Waals surface area contributed by atoms with E-state index >= 15 is 0 Å². The summed E-state index contributed by atoms with van der Waals surface area (Å²) in [5.74, 6) is -0.292. The van der Waals surface area contributed by atoms with Crippen LogP contribution in [-0.4, -0.2) is 23.9 Å². The third-order valence-corrected chi connectivity index (χ3v) is 4.04. The van der Waals surface area contributed by atoms with Gasteiger partial charge in [0, 0.05) is 18.0 Å². The number of halogens is 2. The van der Waals surface area contributed by atoms with E-state index in [0.29, 0.717) is 17.3 Å². The molecular weight excluding hydrogens is 287 g/mol. The van der Waals surface area contributed by atoms with Crippen LogP contribution in [-0.2, 0) is 11.2 Å². The van der Waals surface area contributed by atoms with Gasteiger partial charge in [-0.25, -0.2) is 4.39 Å². The van der Waals surface area contributed by atoms with Crippen LogP contribution in [0.2, 0.25) is 0 Å². The van der Waals surface area contributed by atoms with Crippen LogP contribution >= 0.6 is 15.9 Å². The zero-order valence-corrected chi connectivity index (χ0v) is 11.9. The maximum atomic E-state index is 12.9. The van der Waals surface area contributed by atoms with Crippen molar-refractivity contribution in [3.05, 3.63) is 34.1 Å². The number of aliphatic hydroxyl groups is 1. The predicted molar refractivity (Wildman–Crippen MR) is 69.5 cm³/mol. The van der Waals surface area contributed by atoms with Crippen molar-refractivity contribution in [3.8, 4) is 0 Å². The lowest BCUT2D eigenvalue weighted by atomic mass is 9.91. The molecule has 2 nitrogen and oxygen atoms in total. The Morgan fingerprint density at radius 1 is 1.53 bits per heavy atom. The lowest BCUT2D eigenvalue weighted by molar-refractivity contribution is -0.0915. The Morgan fingerprint density at radius 3 is 2.65 bits per heavy atom. The van der Waals surface area contributed by atoms with Gasteiger partial charge in [0.25, 0.3) is 0 Å². The molecular formula is C13H18BrFO2. The zero-order chi connectivity index (χ0) is 13.1. The number of benzene rings is 1. The third-order valence-electron chi connectivity index (χ3n) is 3.30. The smallest absolute Gasteiger partial charge is 0.124 e. The monoisotopic (exact) mass is 304 g/mol. The molecule has 0 aromatic heterocycles. The second-order valence-corrected chi connectivity index (χ2v) is 5.18. The van der Waals surface area contributed by atoms with Gasteiger partial charge >= 0.3 is 0 Å². The molecule has 1 aromatic carbocycles. The van der Waals surface area contributed by atoms with E-state index in [4.69, 9.17) is 4.74 Å². The normalized spacial score (nSPS) is 16.6. The minimum atomic E-state index is -0.626. The summed E-state index contributed by atoms with van der Waals surface area (Å²) in [6, 6.07) is 4.47. The van der Waals surface area contributed by atoms with Crippen molar-refractivity contribution in [2.45, 2.75) is 38.4 Å². The van der Waals surface area contributed by atoms with E-state index in [0.717, 1.165) is 5.56 Å². The summed E-state index contributed by atoms with van der Waals surface area (Å²) in [6.07, 6.45) is 0.516. The van der Waals surface area contributed by atoms with Gasteiger partial charge in [-0.15, -0.1) is 0 Å². The lowest BCUT2D eigenvalue weighted by Gasteiger charge is -2.32. The maximum Gasteiger partial charge on any atom is 0.124 e. The fourth-order valence-corrected chi connectivity index (χ4v) is 2.14. The molecule has 0 saturated carbocycles. The van der Waals surface area contributed by atoms with E-state index < -0.39 is 11.7 Å². The minimum Gasteiger partial charge on any atom is -0.390 e. The van der Waals surface area contributed by atoms with Gasteiger partial charge in [0.2, 0.25) is 0 Å². The van der Waals surface area contributed by atoms with E-state index in [9.17, 15) is 9.50 Å². The van der Waals surface area contributed by atoms with Crippen molar-refractivity contribution in [3.63, 3.8) is 0 Å². The average Bonchev–Trinajstić information content (AvgIpc) is 2.31. The van der Waals surface area contributed by atoms with Gasteiger partial charge < -0.3 is 9.84 Å². The molecule has 0 aliphatic heterocycles. The molecule has 96 valence electrons. The average molecular weight is 305 g/mol. The van der Waals surface area contributed by atoms with Crippen LogP contribution in [0.5, 0.6) is 0 Å². The van der Waals surface area contributed by atoms with Gasteiger partial charge in [-0.05, 0) is 31.0 Å². The summed E-state index contributed by atoms with van der Waals surface area (Å²) in [4.78, 5) is 0. The van der Waals surface area contributed by atoms with Crippen LogP contribution in [0, 0.1) is 5.82 Å². The number of ether oxygens (including phenoxy) is 1. The third kappa shape index (κ3) is 3.50. The van der Waals surface area contributed by atoms with Gasteiger partial charge in [0.1, 0.15) is 5.82 Å². The number of hydrogen-bond donors (Lipinski definition) is 1. The topological polar surface area (TPSA) is 29.5 Å². The van der Waals surface area contributed by atoms with Gasteiger partial charge in [-0.3, -0.25) is 0 Å². The molecule has 0 aliphatic carbocycles. The van der Waals surface area contributed by atoms with Crippen LogP contribution in [0.4, 0.5) is 4.39 Å². The SMILES string of the molecule is CCC(C)(OC)C(O)Cc1ccc(F)cc1Br. The molecule has 0 spiro atoms. The van der Waals surface area contributed by atoms with Gasteiger partial charge in [0.05, 0.1) is 11.7 Å². The Morgan fingerprint density at radius 2 is 2.18 bits per heavy atom. The first-order chi connectivity index (χ1) is 7.92. The molecule has 2 unspecified atom stereocenters. The van der Waals surface area contributed by atoms with Gasteiger partial charge in [0.15, 0.2) is 0 Å². The maximum absolute atomic E-state index is 12.9. The van der Waals surface area contributed by atoms with Gasteiger partial charge in [-0.2, -0.15) is 0 Å². The fourth-order valence-electron chi connectivity index (χ4n) is 1.63. The Bertz CT molecular complexity index is 378. The quantitative estimate of drug-likeness (QED) is 0.904. The van der Waals surface area contributed by atoms with Crippen LogP contribution in [0.3, 0.4) is 0 Å². The van der Waals surface area contributed by atoms with Crippen molar-refractivity contribution in [2.24, 2.45) is 0 Å². The molecule has 0 aliphatic rings. The highest BCUT2D eigenvalue weighted by atomic mass is 79.9. The van der Waals surface area contributed by atoms with Crippen molar-refractivity contribution in [2.75, 3.05) is 7.11 Å². The van der Waals surface area contributed by atoms with E-state index in [-0.39, 0.29) is 5.82 Å². The molecule has 1 N–H and O–H groups in total. The Hall–Kier alpha value is -0.450. The first kappa shape index (κ1) is 14.6. The van der Waals surface area contributed by atoms with Crippen molar-refractivity contribution in [1.82, 2.24) is 0 Å². The summed E-state index contributed by atoms with van der Waals surface area (Å²) in [6.45, 7) is 3.83. The van der Waals surface area contributed by atoms with E-state index in [1.54, 1.807) is 13.2 Å². The number of hydrogen-bond acceptors (Lipinski definition) is 2. The number of aliphatic hydroxyl groups excluding tert-OH is 1. The molecule has 0 radical (unpaired) electrons. The second kappa shape index (κ2) is 5.94. The van der Waals surface area contributed by atoms with Crippen LogP contribution in [0.25, 0.3) is 0 Å². The summed E-state index contributed by atoms with van der Waals surface area (Å²) in [7, 11) is 1.59. The highest BCUT2D eigenvalue weighted by Gasteiger charge is 2.31. The molecule has 2 atom stereocenters. The highest BCUT2D eigenvalue weighted by Crippen LogP contribution is 2.26. The molecule has 1 aromatic rings. The molecule has 1 rings (SSSR count). The van der Waals surface area contributed by atoms with E-state index in [1.165, 1.54) is 12.1 Å². The molecule has 0 amide bonds. The van der Waals surface area contributed by atoms with Crippen LogP contribution < -0.4 is 0 Å². The fraction of sp³-hybridized carbons (Fsp3) is 0.538. The summed E-state index contributed by atoms with van der Waals surface area (Å²) < 4.78 is 19.0. The van der Waals surface area contributed by atoms with Crippen LogP contribution in [0.1, 0.15) is 25.8 Å². The zero-order valence-electron chi connectivity index (χ0n) is 10.3. The first-order valence-electron chi connectivity index (χ1n) is 5.60.